The largest absolute Gasteiger partial charge is 0.441 e. The zero-order valence-electron chi connectivity index (χ0n) is 2.72. The van der Waals surface area contributed by atoms with Gasteiger partial charge in [-0.25, -0.2) is 0 Å². The molecule has 0 aromatic carbocycles. The molecule has 6 heavy (non-hydrogen) atoms. The van der Waals surface area contributed by atoms with Crippen molar-refractivity contribution >= 4 is 22.6 Å². The third-order valence-corrected chi connectivity index (χ3v) is 0. The zero-order valence-corrected chi connectivity index (χ0v) is 7.84. The average Bonchev–Trinajstić information content (AvgIpc) is 0.722. The van der Waals surface area contributed by atoms with Crippen LogP contribution in [0.1, 0.15) is 0 Å². The van der Waals surface area contributed by atoms with Crippen LogP contribution in [0.5, 0.6) is 0 Å². The van der Waals surface area contributed by atoms with Gasteiger partial charge in [-0.1, -0.05) is 0 Å². The quantitative estimate of drug-likeness (QED) is 0.355. The van der Waals surface area contributed by atoms with Gasteiger partial charge in [0.15, 0.2) is 0 Å². The maximum atomic E-state index is 10.3. The molecule has 0 nitrogen and oxygen atoms in total. The van der Waals surface area contributed by atoms with Gasteiger partial charge in [0, 0.05) is 42.1 Å². The van der Waals surface area contributed by atoms with Crippen LogP contribution in [0.15, 0.2) is 0 Å². The summed E-state index contributed by atoms with van der Waals surface area (Å²) in [5.74, 6) is 0. The van der Waals surface area contributed by atoms with E-state index >= 15 is 0 Å². The molecule has 5 heteroatoms. The molecule has 0 heterocycles. The first-order valence-electron chi connectivity index (χ1n) is 0.756. The van der Waals surface area contributed by atoms with E-state index in [-0.39, 0.29) is 19.5 Å². The summed E-state index contributed by atoms with van der Waals surface area (Å²) in [5.41, 5.74) is 0. The molecule has 0 aromatic rings. The van der Waals surface area contributed by atoms with Crippen LogP contribution in [0.2, 0.25) is 0 Å². The SMILES string of the molecule is FC(F)(F)I.[Zn]. The van der Waals surface area contributed by atoms with Crippen LogP contribution in [0, 0.1) is 0 Å². The van der Waals surface area contributed by atoms with E-state index in [1.807, 2.05) is 0 Å². The molecule has 0 bridgehead atoms. The molecule has 34 valence electrons. The summed E-state index contributed by atoms with van der Waals surface area (Å²) in [4.78, 5) is 0. The summed E-state index contributed by atoms with van der Waals surface area (Å²) < 4.78 is 27.0. The Kier molecular flexibility index (Phi) is 5.41. The first kappa shape index (κ1) is 10.2. The van der Waals surface area contributed by atoms with Crippen molar-refractivity contribution in [1.82, 2.24) is 0 Å². The molecule has 0 aliphatic carbocycles. The Labute approximate surface area is 59.4 Å². The molecule has 0 aliphatic heterocycles. The second-order valence-corrected chi connectivity index (χ2v) is 1.65. The van der Waals surface area contributed by atoms with Crippen LogP contribution < -0.4 is 0 Å². The van der Waals surface area contributed by atoms with Crippen molar-refractivity contribution < 1.29 is 32.6 Å². The molecule has 0 fully saturated rings. The maximum absolute atomic E-state index is 10.3. The van der Waals surface area contributed by atoms with Gasteiger partial charge in [0.2, 0.25) is 0 Å². The summed E-state index contributed by atoms with van der Waals surface area (Å²) in [7, 11) is 0. The van der Waals surface area contributed by atoms with Gasteiger partial charge in [0.25, 0.3) is 0 Å². The fourth-order valence-electron chi connectivity index (χ4n) is 0. The van der Waals surface area contributed by atoms with E-state index in [2.05, 4.69) is 0 Å². The van der Waals surface area contributed by atoms with Gasteiger partial charge in [-0.05, 0) is 0 Å². The van der Waals surface area contributed by atoms with Crippen molar-refractivity contribution in [1.29, 1.82) is 0 Å². The Hall–Kier alpha value is 1.14. The van der Waals surface area contributed by atoms with Gasteiger partial charge in [-0.15, -0.1) is 0 Å². The van der Waals surface area contributed by atoms with Gasteiger partial charge in [0.05, 0.1) is 0 Å². The molecule has 0 N–H and O–H groups in total. The predicted molar refractivity (Wildman–Crippen MR) is 20.1 cm³/mol. The van der Waals surface area contributed by atoms with E-state index in [0.29, 0.717) is 22.6 Å². The second-order valence-electron chi connectivity index (χ2n) is 0.429. The molecule has 0 aromatic heterocycles. The molecule has 0 amide bonds. The van der Waals surface area contributed by atoms with Crippen LogP contribution in [0.4, 0.5) is 13.2 Å². The summed E-state index contributed by atoms with van der Waals surface area (Å²) in [6, 6.07) is 0. The predicted octanol–water partition coefficient (Wildman–Crippen LogP) is 1.94. The topological polar surface area (TPSA) is 0 Å². The molecular formula is CF3IZn. The molecule has 0 radical (unpaired) electrons. The van der Waals surface area contributed by atoms with Gasteiger partial charge >= 0.3 is 4.18 Å². The minimum atomic E-state index is -4.03. The molecule has 0 saturated carbocycles. The Balaban J connectivity index is 0. The Bertz CT molecular complexity index is 26.3. The molecular weight excluding hydrogens is 261 g/mol. The Morgan fingerprint density at radius 3 is 1.17 bits per heavy atom. The van der Waals surface area contributed by atoms with Crippen LogP contribution in [-0.2, 0) is 19.5 Å². The average molecular weight is 261 g/mol. The normalized spacial score (nSPS) is 10.0. The van der Waals surface area contributed by atoms with E-state index in [0.717, 1.165) is 0 Å². The van der Waals surface area contributed by atoms with Gasteiger partial charge < -0.3 is 0 Å². The molecule has 0 unspecified atom stereocenters. The van der Waals surface area contributed by atoms with E-state index in [4.69, 9.17) is 0 Å². The smallest absolute Gasteiger partial charge is 0.161 e. The maximum Gasteiger partial charge on any atom is 0.441 e. The number of hydrogen-bond donors (Lipinski definition) is 0. The van der Waals surface area contributed by atoms with Crippen molar-refractivity contribution in [2.24, 2.45) is 0 Å². The van der Waals surface area contributed by atoms with E-state index < -0.39 is 4.18 Å². The molecule has 0 saturated heterocycles. The molecule has 0 spiro atoms. The van der Waals surface area contributed by atoms with Crippen molar-refractivity contribution in [2.45, 2.75) is 4.18 Å². The van der Waals surface area contributed by atoms with Crippen molar-refractivity contribution in [3.63, 3.8) is 0 Å². The minimum Gasteiger partial charge on any atom is -0.161 e. The monoisotopic (exact) mass is 260 g/mol. The number of hydrogen-bond acceptors (Lipinski definition) is 0. The fraction of sp³-hybridized carbons (Fsp3) is 1.00. The van der Waals surface area contributed by atoms with Crippen molar-refractivity contribution in [2.75, 3.05) is 0 Å². The fourth-order valence-corrected chi connectivity index (χ4v) is 0. The third kappa shape index (κ3) is 67.5. The summed E-state index contributed by atoms with van der Waals surface area (Å²) in [5, 5.41) is 0. The van der Waals surface area contributed by atoms with Crippen molar-refractivity contribution in [3.8, 4) is 0 Å². The molecule has 0 atom stereocenters. The minimum absolute atomic E-state index is 0. The van der Waals surface area contributed by atoms with E-state index in [9.17, 15) is 13.2 Å². The summed E-state index contributed by atoms with van der Waals surface area (Å²) in [6.07, 6.45) is 0. The van der Waals surface area contributed by atoms with Crippen LogP contribution >= 0.6 is 22.6 Å². The molecule has 0 rings (SSSR count). The summed E-state index contributed by atoms with van der Waals surface area (Å²) in [6.45, 7) is 0. The number of rotatable bonds is 0. The molecule has 0 aliphatic rings. The third-order valence-electron chi connectivity index (χ3n) is 0. The van der Waals surface area contributed by atoms with Gasteiger partial charge in [-0.2, -0.15) is 13.2 Å². The van der Waals surface area contributed by atoms with Crippen LogP contribution in [0.3, 0.4) is 0 Å². The standard InChI is InChI=1S/CF3I.Zn/c2-1(3,4)5;. The Morgan fingerprint density at radius 2 is 1.17 bits per heavy atom. The first-order chi connectivity index (χ1) is 2.00. The van der Waals surface area contributed by atoms with Crippen LogP contribution in [0.25, 0.3) is 0 Å². The zero-order chi connectivity index (χ0) is 4.50. The second kappa shape index (κ2) is 3.18. The van der Waals surface area contributed by atoms with Crippen molar-refractivity contribution in [3.05, 3.63) is 0 Å². The first-order valence-corrected chi connectivity index (χ1v) is 1.83. The number of halogens is 4. The van der Waals surface area contributed by atoms with E-state index in [1.54, 1.807) is 0 Å². The Morgan fingerprint density at radius 1 is 1.17 bits per heavy atom. The van der Waals surface area contributed by atoms with Gasteiger partial charge in [-0.3, -0.25) is 0 Å². The number of alkyl halides is 4. The van der Waals surface area contributed by atoms with Gasteiger partial charge in [0.1, 0.15) is 0 Å². The summed E-state index contributed by atoms with van der Waals surface area (Å²) >= 11 is 0.378. The van der Waals surface area contributed by atoms with E-state index in [1.165, 1.54) is 0 Å². The van der Waals surface area contributed by atoms with Crippen LogP contribution in [-0.4, -0.2) is 4.18 Å².